The molecule has 0 bridgehead atoms. The maximum Gasteiger partial charge on any atom is 0.406 e. The third-order valence-electron chi connectivity index (χ3n) is 3.51. The van der Waals surface area contributed by atoms with Crippen LogP contribution in [0, 0.1) is 0 Å². The Balaban J connectivity index is 3.08. The van der Waals surface area contributed by atoms with Gasteiger partial charge in [-0.15, -0.1) is 6.58 Å². The molecule has 25 heavy (non-hydrogen) atoms. The summed E-state index contributed by atoms with van der Waals surface area (Å²) in [6.07, 6.45) is -3.35. The largest absolute Gasteiger partial charge is 0.406 e. The van der Waals surface area contributed by atoms with Gasteiger partial charge in [-0.05, 0) is 38.1 Å². The fourth-order valence-electron chi connectivity index (χ4n) is 1.99. The van der Waals surface area contributed by atoms with E-state index >= 15 is 0 Å². The molecule has 5 nitrogen and oxygen atoms in total. The molecule has 140 valence electrons. The van der Waals surface area contributed by atoms with Gasteiger partial charge in [-0.2, -0.15) is 17.5 Å². The van der Waals surface area contributed by atoms with E-state index in [4.69, 9.17) is 0 Å². The van der Waals surface area contributed by atoms with Crippen LogP contribution in [0.3, 0.4) is 0 Å². The van der Waals surface area contributed by atoms with Crippen LogP contribution in [0.4, 0.5) is 13.2 Å². The summed E-state index contributed by atoms with van der Waals surface area (Å²) < 4.78 is 63.6. The summed E-state index contributed by atoms with van der Waals surface area (Å²) in [5.41, 5.74) is -0.0303. The van der Waals surface area contributed by atoms with Gasteiger partial charge in [0.1, 0.15) is 6.54 Å². The Labute approximate surface area is 145 Å². The summed E-state index contributed by atoms with van der Waals surface area (Å²) in [6, 6.07) is 4.56. The van der Waals surface area contributed by atoms with Crippen LogP contribution in [0.25, 0.3) is 0 Å². The highest BCUT2D eigenvalue weighted by Gasteiger charge is 2.33. The van der Waals surface area contributed by atoms with E-state index in [-0.39, 0.29) is 23.0 Å². The lowest BCUT2D eigenvalue weighted by Crippen LogP contribution is -2.39. The molecule has 0 unspecified atom stereocenters. The molecule has 0 aliphatic carbocycles. The smallest absolute Gasteiger partial charge is 0.326 e. The molecule has 1 rings (SSSR count). The van der Waals surface area contributed by atoms with Crippen molar-refractivity contribution < 1.29 is 26.4 Å². The highest BCUT2D eigenvalue weighted by molar-refractivity contribution is 7.89. The summed E-state index contributed by atoms with van der Waals surface area (Å²) in [5.74, 6) is -0.849. The van der Waals surface area contributed by atoms with Gasteiger partial charge in [-0.25, -0.2) is 8.42 Å². The zero-order chi connectivity index (χ0) is 19.4. The molecule has 0 aromatic heterocycles. The van der Waals surface area contributed by atoms with Crippen LogP contribution in [-0.2, 0) is 10.0 Å². The molecular formula is C16H21F3N2O3S. The zero-order valence-electron chi connectivity index (χ0n) is 14.2. The Morgan fingerprint density at radius 2 is 1.76 bits per heavy atom. The second-order valence-corrected chi connectivity index (χ2v) is 7.73. The number of hydrogen-bond acceptors (Lipinski definition) is 3. The quantitative estimate of drug-likeness (QED) is 0.686. The predicted molar refractivity (Wildman–Crippen MR) is 88.7 cm³/mol. The Morgan fingerprint density at radius 3 is 2.16 bits per heavy atom. The van der Waals surface area contributed by atoms with Crippen LogP contribution in [-0.4, -0.2) is 55.9 Å². The highest BCUT2D eigenvalue weighted by atomic mass is 32.2. The molecule has 0 aliphatic rings. The lowest BCUT2D eigenvalue weighted by molar-refractivity contribution is -0.139. The van der Waals surface area contributed by atoms with Crippen LogP contribution in [0.15, 0.2) is 41.8 Å². The first-order valence-electron chi connectivity index (χ1n) is 7.45. The predicted octanol–water partition coefficient (Wildman–Crippen LogP) is 2.91. The van der Waals surface area contributed by atoms with Crippen LogP contribution < -0.4 is 0 Å². The van der Waals surface area contributed by atoms with Gasteiger partial charge in [0.25, 0.3) is 5.91 Å². The van der Waals surface area contributed by atoms with Crippen molar-refractivity contribution in [3.8, 4) is 0 Å². The number of carbonyl (C=O) groups is 1. The Hall–Kier alpha value is -1.87. The van der Waals surface area contributed by atoms with E-state index in [1.807, 2.05) is 0 Å². The van der Waals surface area contributed by atoms with Gasteiger partial charge >= 0.3 is 6.18 Å². The van der Waals surface area contributed by atoms with E-state index in [0.717, 1.165) is 4.31 Å². The zero-order valence-corrected chi connectivity index (χ0v) is 15.1. The summed E-state index contributed by atoms with van der Waals surface area (Å²) in [4.78, 5) is 12.8. The van der Waals surface area contributed by atoms with E-state index in [1.165, 1.54) is 37.4 Å². The van der Waals surface area contributed by atoms with E-state index in [2.05, 4.69) is 6.58 Å². The minimum Gasteiger partial charge on any atom is -0.326 e. The van der Waals surface area contributed by atoms with Crippen molar-refractivity contribution in [2.45, 2.75) is 31.0 Å². The summed E-state index contributed by atoms with van der Waals surface area (Å²) in [6.45, 7) is 5.08. The van der Waals surface area contributed by atoms with E-state index in [1.54, 1.807) is 13.8 Å². The number of alkyl halides is 3. The Kier molecular flexibility index (Phi) is 6.78. The summed E-state index contributed by atoms with van der Waals surface area (Å²) in [7, 11) is -2.30. The topological polar surface area (TPSA) is 57.7 Å². The lowest BCUT2D eigenvalue weighted by Gasteiger charge is -2.23. The summed E-state index contributed by atoms with van der Waals surface area (Å²) >= 11 is 0. The molecule has 0 radical (unpaired) electrons. The third kappa shape index (κ3) is 5.57. The highest BCUT2D eigenvalue weighted by Crippen LogP contribution is 2.20. The van der Waals surface area contributed by atoms with Gasteiger partial charge < -0.3 is 4.90 Å². The van der Waals surface area contributed by atoms with Crippen LogP contribution in [0.1, 0.15) is 24.2 Å². The molecule has 0 saturated heterocycles. The average Bonchev–Trinajstić information content (AvgIpc) is 2.51. The van der Waals surface area contributed by atoms with Crippen molar-refractivity contribution in [2.75, 3.05) is 20.1 Å². The van der Waals surface area contributed by atoms with Gasteiger partial charge in [-0.3, -0.25) is 4.79 Å². The fraction of sp³-hybridized carbons (Fsp3) is 0.438. The first kappa shape index (κ1) is 21.2. The van der Waals surface area contributed by atoms with Gasteiger partial charge in [0.05, 0.1) is 4.90 Å². The molecule has 0 aliphatic heterocycles. The maximum atomic E-state index is 12.6. The third-order valence-corrected chi connectivity index (χ3v) is 5.56. The number of nitrogens with zero attached hydrogens (tertiary/aromatic N) is 2. The number of benzene rings is 1. The average molecular weight is 378 g/mol. The molecule has 0 fully saturated rings. The van der Waals surface area contributed by atoms with Crippen molar-refractivity contribution >= 4 is 15.9 Å². The van der Waals surface area contributed by atoms with E-state index in [9.17, 15) is 26.4 Å². The maximum absolute atomic E-state index is 12.6. The van der Waals surface area contributed by atoms with Crippen molar-refractivity contribution in [3.05, 3.63) is 42.5 Å². The number of rotatable bonds is 7. The standard InChI is InChI=1S/C16H21F3N2O3S/c1-5-10-21(11-16(17,18)19)15(22)13-6-8-14(9-7-13)25(23,24)20(4)12(2)3/h5-9,12H,1,10-11H2,2-4H3. The summed E-state index contributed by atoms with van der Waals surface area (Å²) in [5, 5.41) is 0. The van der Waals surface area contributed by atoms with Gasteiger partial charge in [0.2, 0.25) is 10.0 Å². The Morgan fingerprint density at radius 1 is 1.24 bits per heavy atom. The Bertz CT molecular complexity index is 713. The number of hydrogen-bond donors (Lipinski definition) is 0. The monoisotopic (exact) mass is 378 g/mol. The molecule has 0 atom stereocenters. The van der Waals surface area contributed by atoms with Crippen LogP contribution >= 0.6 is 0 Å². The van der Waals surface area contributed by atoms with Gasteiger partial charge in [0, 0.05) is 25.2 Å². The molecule has 0 spiro atoms. The first-order chi connectivity index (χ1) is 11.4. The second kappa shape index (κ2) is 8.01. The minimum absolute atomic E-state index is 0.0303. The number of sulfonamides is 1. The molecule has 9 heteroatoms. The molecule has 1 aromatic rings. The normalized spacial score (nSPS) is 12.5. The molecule has 1 aromatic carbocycles. The molecule has 0 heterocycles. The van der Waals surface area contributed by atoms with Crippen LogP contribution in [0.5, 0.6) is 0 Å². The number of carbonyl (C=O) groups excluding carboxylic acids is 1. The molecular weight excluding hydrogens is 357 g/mol. The van der Waals surface area contributed by atoms with Gasteiger partial charge in [0.15, 0.2) is 0 Å². The first-order valence-corrected chi connectivity index (χ1v) is 8.89. The van der Waals surface area contributed by atoms with E-state index in [0.29, 0.717) is 4.90 Å². The van der Waals surface area contributed by atoms with Crippen molar-refractivity contribution in [3.63, 3.8) is 0 Å². The fourth-order valence-corrected chi connectivity index (χ4v) is 3.36. The second-order valence-electron chi connectivity index (χ2n) is 5.73. The number of amides is 1. The van der Waals surface area contributed by atoms with Crippen molar-refractivity contribution in [1.29, 1.82) is 0 Å². The van der Waals surface area contributed by atoms with E-state index < -0.39 is 28.7 Å². The van der Waals surface area contributed by atoms with Crippen molar-refractivity contribution in [2.24, 2.45) is 0 Å². The molecule has 0 N–H and O–H groups in total. The minimum atomic E-state index is -4.54. The SMILES string of the molecule is C=CCN(CC(F)(F)F)C(=O)c1ccc(S(=O)(=O)N(C)C(C)C)cc1. The molecule has 1 amide bonds. The number of halogens is 3. The van der Waals surface area contributed by atoms with Crippen LogP contribution in [0.2, 0.25) is 0 Å². The lowest BCUT2D eigenvalue weighted by atomic mass is 10.2. The van der Waals surface area contributed by atoms with Gasteiger partial charge in [-0.1, -0.05) is 6.08 Å². The molecule has 0 saturated carbocycles. The van der Waals surface area contributed by atoms with Crippen molar-refractivity contribution in [1.82, 2.24) is 9.21 Å².